The van der Waals surface area contributed by atoms with Crippen LogP contribution in [0, 0.1) is 0 Å². The predicted molar refractivity (Wildman–Crippen MR) is 78.2 cm³/mol. The maximum absolute atomic E-state index is 4.32. The van der Waals surface area contributed by atoms with Crippen molar-refractivity contribution in [2.24, 2.45) is 7.05 Å². The van der Waals surface area contributed by atoms with Gasteiger partial charge < -0.3 is 9.88 Å². The molecule has 0 radical (unpaired) electrons. The van der Waals surface area contributed by atoms with Crippen LogP contribution in [0.2, 0.25) is 0 Å². The van der Waals surface area contributed by atoms with E-state index < -0.39 is 0 Å². The van der Waals surface area contributed by atoms with Gasteiger partial charge in [0.2, 0.25) is 0 Å². The van der Waals surface area contributed by atoms with Gasteiger partial charge in [-0.25, -0.2) is 0 Å². The Bertz CT molecular complexity index is 704. The van der Waals surface area contributed by atoms with Crippen molar-refractivity contribution in [1.29, 1.82) is 0 Å². The highest BCUT2D eigenvalue weighted by molar-refractivity contribution is 5.78. The van der Waals surface area contributed by atoms with E-state index in [-0.39, 0.29) is 0 Å². The van der Waals surface area contributed by atoms with E-state index in [2.05, 4.69) is 44.8 Å². The van der Waals surface area contributed by atoms with Crippen molar-refractivity contribution in [1.82, 2.24) is 25.1 Å². The van der Waals surface area contributed by atoms with Crippen LogP contribution in [0.1, 0.15) is 11.4 Å². The smallest absolute Gasteiger partial charge is 0.133 e. The monoisotopic (exact) mass is 267 g/mol. The summed E-state index contributed by atoms with van der Waals surface area (Å²) in [6, 6.07) is 10.4. The Hall–Kier alpha value is -2.27. The Morgan fingerprint density at radius 3 is 3.05 bits per heavy atom. The fraction of sp³-hybridized carbons (Fsp3) is 0.267. The van der Waals surface area contributed by atoms with E-state index in [0.29, 0.717) is 0 Å². The molecule has 102 valence electrons. The second kappa shape index (κ2) is 5.79. The molecule has 5 heteroatoms. The molecule has 1 N–H and O–H groups in total. The summed E-state index contributed by atoms with van der Waals surface area (Å²) in [5.74, 6) is 1.00. The van der Waals surface area contributed by atoms with Gasteiger partial charge in [-0.15, -0.1) is 10.2 Å². The lowest BCUT2D eigenvalue weighted by Crippen LogP contribution is -2.18. The number of rotatable bonds is 5. The van der Waals surface area contributed by atoms with Crippen molar-refractivity contribution in [2.45, 2.75) is 13.0 Å². The number of benzene rings is 1. The van der Waals surface area contributed by atoms with Gasteiger partial charge in [-0.05, 0) is 23.8 Å². The Balaban J connectivity index is 1.56. The first kappa shape index (κ1) is 12.7. The van der Waals surface area contributed by atoms with E-state index in [1.807, 2.05) is 23.9 Å². The molecule has 0 fully saturated rings. The van der Waals surface area contributed by atoms with Gasteiger partial charge in [0.15, 0.2) is 0 Å². The minimum atomic E-state index is 0.850. The Morgan fingerprint density at radius 2 is 2.20 bits per heavy atom. The third-order valence-electron chi connectivity index (χ3n) is 3.33. The summed E-state index contributed by atoms with van der Waals surface area (Å²) >= 11 is 0. The quantitative estimate of drug-likeness (QED) is 0.715. The van der Waals surface area contributed by atoms with Crippen molar-refractivity contribution in [3.05, 3.63) is 54.2 Å². The van der Waals surface area contributed by atoms with Crippen LogP contribution in [0.5, 0.6) is 0 Å². The van der Waals surface area contributed by atoms with Crippen molar-refractivity contribution in [3.8, 4) is 0 Å². The van der Waals surface area contributed by atoms with Crippen LogP contribution in [0.15, 0.2) is 42.9 Å². The highest BCUT2D eigenvalue weighted by atomic mass is 15.2. The second-order valence-corrected chi connectivity index (χ2v) is 4.82. The van der Waals surface area contributed by atoms with Crippen LogP contribution in [0.3, 0.4) is 0 Å². The van der Waals surface area contributed by atoms with E-state index in [4.69, 9.17) is 0 Å². The number of pyridine rings is 1. The molecule has 0 atom stereocenters. The molecule has 2 aromatic heterocycles. The largest absolute Gasteiger partial charge is 0.321 e. The zero-order valence-electron chi connectivity index (χ0n) is 11.5. The normalized spacial score (nSPS) is 11.1. The van der Waals surface area contributed by atoms with Crippen LogP contribution >= 0.6 is 0 Å². The average Bonchev–Trinajstić information content (AvgIpc) is 2.89. The number of hydrogen-bond acceptors (Lipinski definition) is 4. The van der Waals surface area contributed by atoms with Gasteiger partial charge in [0.05, 0.1) is 5.52 Å². The first-order chi connectivity index (χ1) is 9.83. The Morgan fingerprint density at radius 1 is 1.25 bits per heavy atom. The van der Waals surface area contributed by atoms with E-state index in [9.17, 15) is 0 Å². The van der Waals surface area contributed by atoms with E-state index >= 15 is 0 Å². The Kier molecular flexibility index (Phi) is 3.69. The highest BCUT2D eigenvalue weighted by Crippen LogP contribution is 2.13. The zero-order chi connectivity index (χ0) is 13.8. The molecule has 0 bridgehead atoms. The third kappa shape index (κ3) is 2.83. The van der Waals surface area contributed by atoms with Crippen molar-refractivity contribution < 1.29 is 0 Å². The lowest BCUT2D eigenvalue weighted by Gasteiger charge is -2.06. The molecule has 3 rings (SSSR count). The topological polar surface area (TPSA) is 55.6 Å². The van der Waals surface area contributed by atoms with Gasteiger partial charge >= 0.3 is 0 Å². The molecule has 5 nitrogen and oxygen atoms in total. The lowest BCUT2D eigenvalue weighted by atomic mass is 10.1. The molecule has 0 aliphatic carbocycles. The minimum Gasteiger partial charge on any atom is -0.321 e. The molecule has 0 amide bonds. The maximum Gasteiger partial charge on any atom is 0.133 e. The summed E-state index contributed by atoms with van der Waals surface area (Å²) in [4.78, 5) is 4.32. The summed E-state index contributed by atoms with van der Waals surface area (Å²) in [7, 11) is 1.96. The van der Waals surface area contributed by atoms with Gasteiger partial charge in [-0.1, -0.05) is 12.1 Å². The molecule has 0 unspecified atom stereocenters. The van der Waals surface area contributed by atoms with Crippen molar-refractivity contribution >= 4 is 10.9 Å². The molecule has 0 saturated carbocycles. The number of aromatic nitrogens is 4. The highest BCUT2D eigenvalue weighted by Gasteiger charge is 2.00. The van der Waals surface area contributed by atoms with Gasteiger partial charge in [0, 0.05) is 38.1 Å². The van der Waals surface area contributed by atoms with Crippen molar-refractivity contribution in [3.63, 3.8) is 0 Å². The van der Waals surface area contributed by atoms with Crippen LogP contribution in [0.25, 0.3) is 10.9 Å². The molecular formula is C15H17N5. The summed E-state index contributed by atoms with van der Waals surface area (Å²) in [6.45, 7) is 1.74. The van der Waals surface area contributed by atoms with Crippen LogP contribution in [-0.2, 0) is 20.0 Å². The zero-order valence-corrected chi connectivity index (χ0v) is 11.5. The number of nitrogens with one attached hydrogen (secondary N) is 1. The third-order valence-corrected chi connectivity index (χ3v) is 3.33. The molecule has 0 spiro atoms. The maximum atomic E-state index is 4.32. The van der Waals surface area contributed by atoms with Gasteiger partial charge in [0.25, 0.3) is 0 Å². The number of nitrogens with zero attached hydrogens (tertiary/aromatic N) is 4. The number of hydrogen-bond donors (Lipinski definition) is 1. The van der Waals surface area contributed by atoms with Gasteiger partial charge in [0.1, 0.15) is 12.2 Å². The average molecular weight is 267 g/mol. The van der Waals surface area contributed by atoms with Crippen molar-refractivity contribution in [2.75, 3.05) is 6.54 Å². The van der Waals surface area contributed by atoms with E-state index in [1.165, 1.54) is 10.9 Å². The summed E-state index contributed by atoms with van der Waals surface area (Å²) in [5.41, 5.74) is 2.30. The second-order valence-electron chi connectivity index (χ2n) is 4.82. The Labute approximate surface area is 117 Å². The lowest BCUT2D eigenvalue weighted by molar-refractivity contribution is 0.654. The number of aryl methyl sites for hydroxylation is 1. The first-order valence-corrected chi connectivity index (χ1v) is 6.70. The summed E-state index contributed by atoms with van der Waals surface area (Å²) in [5, 5.41) is 12.5. The first-order valence-electron chi connectivity index (χ1n) is 6.70. The molecule has 0 saturated heterocycles. The van der Waals surface area contributed by atoms with E-state index in [0.717, 1.165) is 30.9 Å². The summed E-state index contributed by atoms with van der Waals surface area (Å²) in [6.07, 6.45) is 4.43. The summed E-state index contributed by atoms with van der Waals surface area (Å²) < 4.78 is 1.95. The van der Waals surface area contributed by atoms with Crippen LogP contribution < -0.4 is 5.32 Å². The van der Waals surface area contributed by atoms with Gasteiger partial charge in [-0.2, -0.15) is 0 Å². The predicted octanol–water partition coefficient (Wildman–Crippen LogP) is 1.70. The fourth-order valence-electron chi connectivity index (χ4n) is 2.20. The molecule has 20 heavy (non-hydrogen) atoms. The SMILES string of the molecule is Cn1cnnc1CCNCc1ccc2ncccc2c1. The molecule has 2 heterocycles. The molecular weight excluding hydrogens is 250 g/mol. The van der Waals surface area contributed by atoms with Gasteiger partial charge in [-0.3, -0.25) is 4.98 Å². The van der Waals surface area contributed by atoms with Crippen LogP contribution in [-0.4, -0.2) is 26.3 Å². The molecule has 0 aliphatic heterocycles. The standard InChI is InChI=1S/C15H17N5/c1-20-11-18-19-15(20)6-8-16-10-12-4-5-14-13(9-12)3-2-7-17-14/h2-5,7,9,11,16H,6,8,10H2,1H3. The van der Waals surface area contributed by atoms with E-state index in [1.54, 1.807) is 6.33 Å². The molecule has 1 aromatic carbocycles. The van der Waals surface area contributed by atoms with Crippen LogP contribution in [0.4, 0.5) is 0 Å². The minimum absolute atomic E-state index is 0.850. The molecule has 0 aliphatic rings. The fourth-order valence-corrected chi connectivity index (χ4v) is 2.20. The molecule has 3 aromatic rings. The number of fused-ring (bicyclic) bond motifs is 1.